The summed E-state index contributed by atoms with van der Waals surface area (Å²) in [6.07, 6.45) is 1.07. The fourth-order valence-corrected chi connectivity index (χ4v) is 1.00. The molecule has 0 N–H and O–H groups in total. The lowest BCUT2D eigenvalue weighted by Gasteiger charge is -2.24. The molecule has 0 aliphatic carbocycles. The summed E-state index contributed by atoms with van der Waals surface area (Å²) in [6, 6.07) is 0. The minimum atomic E-state index is 0.436. The van der Waals surface area contributed by atoms with E-state index < -0.39 is 0 Å². The van der Waals surface area contributed by atoms with Crippen LogP contribution in [-0.2, 0) is 0 Å². The van der Waals surface area contributed by atoms with E-state index in [1.807, 2.05) is 0 Å². The van der Waals surface area contributed by atoms with E-state index in [2.05, 4.69) is 42.0 Å². The molecule has 0 rings (SSSR count). The van der Waals surface area contributed by atoms with E-state index in [1.165, 1.54) is 0 Å². The molecule has 0 saturated heterocycles. The van der Waals surface area contributed by atoms with Gasteiger partial charge in [0.25, 0.3) is 0 Å². The molecule has 0 fully saturated rings. The molecule has 1 nitrogen and oxygen atoms in total. The summed E-state index contributed by atoms with van der Waals surface area (Å²) >= 11 is 0. The first-order valence-corrected chi connectivity index (χ1v) is 4.16. The second kappa shape index (κ2) is 3.53. The van der Waals surface area contributed by atoms with Gasteiger partial charge in [-0.05, 0) is 12.5 Å². The van der Waals surface area contributed by atoms with Crippen LogP contribution >= 0.6 is 9.24 Å². The lowest BCUT2D eigenvalue weighted by Crippen LogP contribution is -2.27. The number of rotatable bonds is 2. The van der Waals surface area contributed by atoms with Crippen molar-refractivity contribution >= 4 is 9.24 Å². The maximum Gasteiger partial charge on any atom is 0.0123 e. The topological polar surface area (TPSA) is 3.24 Å². The van der Waals surface area contributed by atoms with Gasteiger partial charge in [0.05, 0.1) is 0 Å². The number of nitrogens with zero attached hydrogens (tertiary/aromatic N) is 1. The van der Waals surface area contributed by atoms with Crippen molar-refractivity contribution in [2.45, 2.75) is 20.8 Å². The van der Waals surface area contributed by atoms with Crippen molar-refractivity contribution < 1.29 is 0 Å². The molecule has 56 valence electrons. The zero-order chi connectivity index (χ0) is 7.49. The van der Waals surface area contributed by atoms with Gasteiger partial charge in [0.2, 0.25) is 0 Å². The quantitative estimate of drug-likeness (QED) is 0.538. The van der Waals surface area contributed by atoms with Gasteiger partial charge in [-0.2, -0.15) is 0 Å². The third-order valence-corrected chi connectivity index (χ3v) is 1.68. The van der Waals surface area contributed by atoms with Gasteiger partial charge in [-0.15, -0.1) is 9.24 Å². The summed E-state index contributed by atoms with van der Waals surface area (Å²) in [5.41, 5.74) is 0.436. The molecule has 2 heteroatoms. The predicted molar refractivity (Wildman–Crippen MR) is 46.7 cm³/mol. The summed E-state index contributed by atoms with van der Waals surface area (Å²) in [5.74, 6) is 0. The molecule has 0 aliphatic rings. The summed E-state index contributed by atoms with van der Waals surface area (Å²) in [4.78, 5) is 2.30. The lowest BCUT2D eigenvalue weighted by molar-refractivity contribution is 0.255. The summed E-state index contributed by atoms with van der Waals surface area (Å²) in [5, 5.41) is 0. The fourth-order valence-electron chi connectivity index (χ4n) is 0.874. The van der Waals surface area contributed by atoms with Crippen LogP contribution in [0.1, 0.15) is 20.8 Å². The van der Waals surface area contributed by atoms with Crippen LogP contribution in [-0.4, -0.2) is 24.8 Å². The van der Waals surface area contributed by atoms with Gasteiger partial charge in [-0.1, -0.05) is 20.8 Å². The van der Waals surface area contributed by atoms with Crippen molar-refractivity contribution in [2.24, 2.45) is 5.41 Å². The molecule has 0 spiro atoms. The van der Waals surface area contributed by atoms with E-state index in [4.69, 9.17) is 0 Å². The van der Waals surface area contributed by atoms with Crippen LogP contribution in [0.4, 0.5) is 0 Å². The van der Waals surface area contributed by atoms with Gasteiger partial charge in [0.15, 0.2) is 0 Å². The average molecular weight is 147 g/mol. The van der Waals surface area contributed by atoms with Gasteiger partial charge in [-0.25, -0.2) is 0 Å². The lowest BCUT2D eigenvalue weighted by atomic mass is 9.97. The van der Waals surface area contributed by atoms with Crippen LogP contribution in [0.2, 0.25) is 0 Å². The van der Waals surface area contributed by atoms with Gasteiger partial charge in [-0.3, -0.25) is 0 Å². The van der Waals surface area contributed by atoms with Crippen molar-refractivity contribution in [3.63, 3.8) is 0 Å². The molecular weight excluding hydrogens is 129 g/mol. The molecule has 0 aromatic rings. The SMILES string of the molecule is CN(CP)CC(C)(C)C. The molecule has 0 bridgehead atoms. The zero-order valence-electron chi connectivity index (χ0n) is 6.94. The van der Waals surface area contributed by atoms with Crippen molar-refractivity contribution in [3.05, 3.63) is 0 Å². The Labute approximate surface area is 61.0 Å². The molecule has 1 unspecified atom stereocenters. The van der Waals surface area contributed by atoms with E-state index in [1.54, 1.807) is 0 Å². The Bertz CT molecular complexity index is 75.5. The first-order chi connectivity index (χ1) is 3.95. The molecule has 0 saturated carbocycles. The van der Waals surface area contributed by atoms with Crippen molar-refractivity contribution in [1.29, 1.82) is 0 Å². The van der Waals surface area contributed by atoms with Gasteiger partial charge >= 0.3 is 0 Å². The Morgan fingerprint density at radius 1 is 1.33 bits per heavy atom. The Kier molecular flexibility index (Phi) is 3.68. The van der Waals surface area contributed by atoms with E-state index >= 15 is 0 Å². The highest BCUT2D eigenvalue weighted by Gasteiger charge is 2.11. The Morgan fingerprint density at radius 3 is 1.89 bits per heavy atom. The maximum atomic E-state index is 2.72. The van der Waals surface area contributed by atoms with E-state index in [0.29, 0.717) is 5.41 Å². The minimum absolute atomic E-state index is 0.436. The smallest absolute Gasteiger partial charge is 0.0123 e. The highest BCUT2D eigenvalue weighted by molar-refractivity contribution is 7.16. The monoisotopic (exact) mass is 147 g/mol. The van der Waals surface area contributed by atoms with Crippen molar-refractivity contribution in [3.8, 4) is 0 Å². The maximum absolute atomic E-state index is 2.72. The van der Waals surface area contributed by atoms with Crippen LogP contribution in [0.5, 0.6) is 0 Å². The Morgan fingerprint density at radius 2 is 1.78 bits per heavy atom. The molecule has 0 heterocycles. The molecule has 0 aliphatic heterocycles. The predicted octanol–water partition coefficient (Wildman–Crippen LogP) is 1.80. The first kappa shape index (κ1) is 9.39. The summed E-state index contributed by atoms with van der Waals surface area (Å²) in [6.45, 7) is 7.92. The molecule has 0 radical (unpaired) electrons. The van der Waals surface area contributed by atoms with Crippen LogP contribution < -0.4 is 0 Å². The first-order valence-electron chi connectivity index (χ1n) is 3.34. The largest absolute Gasteiger partial charge is 0.302 e. The molecule has 0 amide bonds. The van der Waals surface area contributed by atoms with Gasteiger partial charge in [0, 0.05) is 12.8 Å². The zero-order valence-corrected chi connectivity index (χ0v) is 8.09. The number of hydrogen-bond acceptors (Lipinski definition) is 1. The second-order valence-electron chi connectivity index (χ2n) is 3.76. The second-order valence-corrected chi connectivity index (χ2v) is 4.12. The van der Waals surface area contributed by atoms with Crippen molar-refractivity contribution in [2.75, 3.05) is 19.9 Å². The highest BCUT2D eigenvalue weighted by atomic mass is 31.0. The minimum Gasteiger partial charge on any atom is -0.302 e. The Hall–Kier alpha value is 0.390. The normalized spacial score (nSPS) is 12.7. The average Bonchev–Trinajstić information content (AvgIpc) is 1.62. The molecule has 0 aromatic carbocycles. The van der Waals surface area contributed by atoms with E-state index in [0.717, 1.165) is 12.8 Å². The van der Waals surface area contributed by atoms with E-state index in [-0.39, 0.29) is 0 Å². The molecule has 0 aromatic heterocycles. The van der Waals surface area contributed by atoms with Crippen molar-refractivity contribution in [1.82, 2.24) is 4.90 Å². The molecule has 9 heavy (non-hydrogen) atoms. The number of hydrogen-bond donors (Lipinski definition) is 0. The highest BCUT2D eigenvalue weighted by Crippen LogP contribution is 2.14. The molecule has 1 atom stereocenters. The summed E-state index contributed by atoms with van der Waals surface area (Å²) in [7, 11) is 4.86. The van der Waals surface area contributed by atoms with Crippen LogP contribution in [0.25, 0.3) is 0 Å². The third-order valence-electron chi connectivity index (χ3n) is 1.06. The van der Waals surface area contributed by atoms with Gasteiger partial charge < -0.3 is 4.90 Å². The summed E-state index contributed by atoms with van der Waals surface area (Å²) < 4.78 is 0. The van der Waals surface area contributed by atoms with Gasteiger partial charge in [0.1, 0.15) is 0 Å². The molecular formula is C7H18NP. The van der Waals surface area contributed by atoms with Crippen LogP contribution in [0.3, 0.4) is 0 Å². The third kappa shape index (κ3) is 6.27. The van der Waals surface area contributed by atoms with E-state index in [9.17, 15) is 0 Å². The van der Waals surface area contributed by atoms with Crippen LogP contribution in [0.15, 0.2) is 0 Å². The standard InChI is InChI=1S/C7H18NP/c1-7(2,3)5-8(4)6-9/h5-6,9H2,1-4H3. The fraction of sp³-hybridized carbons (Fsp3) is 1.00. The van der Waals surface area contributed by atoms with Crippen LogP contribution in [0, 0.1) is 5.41 Å². The Balaban J connectivity index is 3.47.